The van der Waals surface area contributed by atoms with Crippen molar-refractivity contribution in [3.05, 3.63) is 35.9 Å². The zero-order chi connectivity index (χ0) is 14.3. The molecule has 1 aromatic rings. The second kappa shape index (κ2) is 9.34. The monoisotopic (exact) mass is 300 g/mol. The number of carbonyl (C=O) groups excluding carboxylic acids is 1. The molecule has 20 heavy (non-hydrogen) atoms. The maximum atomic E-state index is 11.8. The first kappa shape index (κ1) is 18.4. The number of halogens is 1. The van der Waals surface area contributed by atoms with Crippen LogP contribution in [0.25, 0.3) is 0 Å². The van der Waals surface area contributed by atoms with E-state index in [0.29, 0.717) is 6.54 Å². The fraction of sp³-hybridized carbons (Fsp3) is 0.429. The van der Waals surface area contributed by atoms with Crippen LogP contribution in [0.4, 0.5) is 0 Å². The van der Waals surface area contributed by atoms with Crippen molar-refractivity contribution in [2.75, 3.05) is 20.1 Å². The molecule has 5 nitrogen and oxygen atoms in total. The van der Waals surface area contributed by atoms with Crippen molar-refractivity contribution in [1.82, 2.24) is 10.2 Å². The van der Waals surface area contributed by atoms with E-state index < -0.39 is 5.97 Å². The summed E-state index contributed by atoms with van der Waals surface area (Å²) in [6.07, 6.45) is 0.0397. The molecule has 0 spiro atoms. The second-order valence-corrected chi connectivity index (χ2v) is 4.58. The lowest BCUT2D eigenvalue weighted by Gasteiger charge is -2.18. The van der Waals surface area contributed by atoms with E-state index in [1.54, 1.807) is 11.9 Å². The smallest absolute Gasteiger partial charge is 0.304 e. The number of carboxylic acid groups (broad SMARTS) is 1. The molecule has 0 bridgehead atoms. The highest BCUT2D eigenvalue weighted by atomic mass is 35.5. The number of nitrogens with one attached hydrogen (secondary N) is 1. The van der Waals surface area contributed by atoms with Gasteiger partial charge in [-0.05, 0) is 19.5 Å². The molecular formula is C14H21ClN2O3. The Morgan fingerprint density at radius 1 is 1.30 bits per heavy atom. The Hall–Kier alpha value is -1.59. The zero-order valence-electron chi connectivity index (χ0n) is 11.7. The molecule has 1 rings (SSSR count). The van der Waals surface area contributed by atoms with Crippen LogP contribution < -0.4 is 5.32 Å². The molecule has 1 unspecified atom stereocenters. The van der Waals surface area contributed by atoms with Crippen molar-refractivity contribution in [1.29, 1.82) is 0 Å². The number of carbonyl (C=O) groups is 2. The molecule has 0 fully saturated rings. The lowest BCUT2D eigenvalue weighted by Crippen LogP contribution is -2.37. The zero-order valence-corrected chi connectivity index (χ0v) is 12.5. The minimum absolute atomic E-state index is 0. The summed E-state index contributed by atoms with van der Waals surface area (Å²) in [7, 11) is 1.73. The number of benzene rings is 1. The molecular weight excluding hydrogens is 280 g/mol. The van der Waals surface area contributed by atoms with Crippen molar-refractivity contribution in [3.63, 3.8) is 0 Å². The molecule has 1 aromatic carbocycles. The molecule has 2 N–H and O–H groups in total. The Labute approximate surface area is 125 Å². The lowest BCUT2D eigenvalue weighted by molar-refractivity contribution is -0.137. The van der Waals surface area contributed by atoms with Crippen LogP contribution in [0.3, 0.4) is 0 Å². The van der Waals surface area contributed by atoms with E-state index in [2.05, 4.69) is 5.32 Å². The third-order valence-electron chi connectivity index (χ3n) is 2.80. The van der Waals surface area contributed by atoms with Crippen molar-refractivity contribution in [2.24, 2.45) is 0 Å². The minimum Gasteiger partial charge on any atom is -0.481 e. The number of hydrogen-bond donors (Lipinski definition) is 2. The Balaban J connectivity index is 0.00000361. The van der Waals surface area contributed by atoms with Crippen LogP contribution in [0, 0.1) is 0 Å². The van der Waals surface area contributed by atoms with E-state index in [-0.39, 0.29) is 37.3 Å². The first-order chi connectivity index (χ1) is 8.99. The molecule has 1 atom stereocenters. The van der Waals surface area contributed by atoms with Gasteiger partial charge in [0.25, 0.3) is 0 Å². The van der Waals surface area contributed by atoms with Gasteiger partial charge in [-0.15, -0.1) is 12.4 Å². The molecule has 0 radical (unpaired) electrons. The van der Waals surface area contributed by atoms with Crippen LogP contribution in [-0.2, 0) is 9.59 Å². The minimum atomic E-state index is -0.857. The fourth-order valence-corrected chi connectivity index (χ4v) is 1.72. The number of nitrogens with zero attached hydrogens (tertiary/aromatic N) is 1. The van der Waals surface area contributed by atoms with Crippen molar-refractivity contribution < 1.29 is 14.7 Å². The molecule has 1 amide bonds. The van der Waals surface area contributed by atoms with Gasteiger partial charge in [0.2, 0.25) is 5.91 Å². The largest absolute Gasteiger partial charge is 0.481 e. The Morgan fingerprint density at radius 2 is 1.90 bits per heavy atom. The highest BCUT2D eigenvalue weighted by Crippen LogP contribution is 2.10. The predicted molar refractivity (Wildman–Crippen MR) is 80.0 cm³/mol. The van der Waals surface area contributed by atoms with Gasteiger partial charge in [0, 0.05) is 6.54 Å². The number of likely N-dealkylation sites (N-methyl/N-ethyl adjacent to an activating group) is 1. The van der Waals surface area contributed by atoms with Gasteiger partial charge in [0.1, 0.15) is 0 Å². The Kier molecular flexibility index (Phi) is 8.59. The molecule has 0 aliphatic carbocycles. The number of rotatable bonds is 7. The van der Waals surface area contributed by atoms with Gasteiger partial charge in [0.05, 0.1) is 19.0 Å². The van der Waals surface area contributed by atoms with Crippen LogP contribution in [0.1, 0.15) is 24.9 Å². The van der Waals surface area contributed by atoms with Gasteiger partial charge < -0.3 is 10.4 Å². The topological polar surface area (TPSA) is 69.6 Å². The molecule has 112 valence electrons. The molecule has 0 saturated heterocycles. The van der Waals surface area contributed by atoms with Crippen LogP contribution in [0.5, 0.6) is 0 Å². The number of carboxylic acids is 1. The fourth-order valence-electron chi connectivity index (χ4n) is 1.72. The summed E-state index contributed by atoms with van der Waals surface area (Å²) < 4.78 is 0. The summed E-state index contributed by atoms with van der Waals surface area (Å²) in [6.45, 7) is 2.48. The maximum Gasteiger partial charge on any atom is 0.304 e. The average Bonchev–Trinajstić information content (AvgIpc) is 2.37. The summed E-state index contributed by atoms with van der Waals surface area (Å²) in [5.74, 6) is -0.964. The standard InChI is InChI=1S/C14H20N2O3.ClH/c1-11(12-6-4-3-5-7-12)15-13(17)10-16(2)9-8-14(18)19;/h3-7,11H,8-10H2,1-2H3,(H,15,17)(H,18,19);1H. The van der Waals surface area contributed by atoms with E-state index in [9.17, 15) is 9.59 Å². The van der Waals surface area contributed by atoms with E-state index >= 15 is 0 Å². The summed E-state index contributed by atoms with van der Waals surface area (Å²) >= 11 is 0. The normalized spacial score (nSPS) is 11.6. The highest BCUT2D eigenvalue weighted by Gasteiger charge is 2.11. The van der Waals surface area contributed by atoms with Crippen LogP contribution in [-0.4, -0.2) is 42.0 Å². The van der Waals surface area contributed by atoms with Crippen LogP contribution in [0.2, 0.25) is 0 Å². The SMILES string of the molecule is CC(NC(=O)CN(C)CCC(=O)O)c1ccccc1.Cl. The summed E-state index contributed by atoms with van der Waals surface area (Å²) in [6, 6.07) is 9.64. The van der Waals surface area contributed by atoms with E-state index in [1.807, 2.05) is 37.3 Å². The molecule has 0 aliphatic rings. The van der Waals surface area contributed by atoms with Gasteiger partial charge >= 0.3 is 5.97 Å². The summed E-state index contributed by atoms with van der Waals surface area (Å²) in [5, 5.41) is 11.5. The summed E-state index contributed by atoms with van der Waals surface area (Å²) in [4.78, 5) is 23.9. The lowest BCUT2D eigenvalue weighted by atomic mass is 10.1. The third kappa shape index (κ3) is 7.11. The molecule has 0 heterocycles. The first-order valence-corrected chi connectivity index (χ1v) is 6.23. The van der Waals surface area contributed by atoms with Gasteiger partial charge in [-0.3, -0.25) is 14.5 Å². The molecule has 0 saturated carbocycles. The first-order valence-electron chi connectivity index (χ1n) is 6.23. The number of amides is 1. The quantitative estimate of drug-likeness (QED) is 0.804. The van der Waals surface area contributed by atoms with Gasteiger partial charge in [-0.2, -0.15) is 0 Å². The van der Waals surface area contributed by atoms with E-state index in [0.717, 1.165) is 5.56 Å². The van der Waals surface area contributed by atoms with Crippen LogP contribution in [0.15, 0.2) is 30.3 Å². The van der Waals surface area contributed by atoms with E-state index in [4.69, 9.17) is 5.11 Å². The number of hydrogen-bond acceptors (Lipinski definition) is 3. The molecule has 0 aromatic heterocycles. The average molecular weight is 301 g/mol. The highest BCUT2D eigenvalue weighted by molar-refractivity contribution is 5.85. The van der Waals surface area contributed by atoms with Gasteiger partial charge in [0.15, 0.2) is 0 Å². The van der Waals surface area contributed by atoms with Crippen molar-refractivity contribution >= 4 is 24.3 Å². The van der Waals surface area contributed by atoms with Crippen LogP contribution >= 0.6 is 12.4 Å². The Bertz CT molecular complexity index is 426. The molecule has 0 aliphatic heterocycles. The maximum absolute atomic E-state index is 11.8. The van der Waals surface area contributed by atoms with Crippen molar-refractivity contribution in [2.45, 2.75) is 19.4 Å². The third-order valence-corrected chi connectivity index (χ3v) is 2.80. The molecule has 6 heteroatoms. The number of aliphatic carboxylic acids is 1. The van der Waals surface area contributed by atoms with Gasteiger partial charge in [-0.1, -0.05) is 30.3 Å². The Morgan fingerprint density at radius 3 is 2.45 bits per heavy atom. The van der Waals surface area contributed by atoms with Gasteiger partial charge in [-0.25, -0.2) is 0 Å². The summed E-state index contributed by atoms with van der Waals surface area (Å²) in [5.41, 5.74) is 1.05. The van der Waals surface area contributed by atoms with Crippen molar-refractivity contribution in [3.8, 4) is 0 Å². The predicted octanol–water partition coefficient (Wildman–Crippen LogP) is 1.69. The second-order valence-electron chi connectivity index (χ2n) is 4.58. The van der Waals surface area contributed by atoms with E-state index in [1.165, 1.54) is 0 Å².